The van der Waals surface area contributed by atoms with Crippen molar-refractivity contribution in [2.24, 2.45) is 0 Å². The summed E-state index contributed by atoms with van der Waals surface area (Å²) in [5, 5.41) is 0.673. The van der Waals surface area contributed by atoms with Crippen molar-refractivity contribution < 1.29 is 13.2 Å². The van der Waals surface area contributed by atoms with Crippen molar-refractivity contribution in [2.75, 3.05) is 0 Å². The van der Waals surface area contributed by atoms with Crippen LogP contribution in [0, 0.1) is 6.92 Å². The zero-order valence-electron chi connectivity index (χ0n) is 16.4. The van der Waals surface area contributed by atoms with Gasteiger partial charge in [-0.2, -0.15) is 13.2 Å². The highest BCUT2D eigenvalue weighted by molar-refractivity contribution is 6.04. The van der Waals surface area contributed by atoms with Crippen LogP contribution in [0.5, 0.6) is 0 Å². The van der Waals surface area contributed by atoms with Gasteiger partial charge in [-0.1, -0.05) is 42.0 Å². The Balaban J connectivity index is 1.80. The molecule has 0 fully saturated rings. The minimum atomic E-state index is -4.51. The van der Waals surface area contributed by atoms with Gasteiger partial charge < -0.3 is 4.98 Å². The number of pyridine rings is 1. The second-order valence-electron chi connectivity index (χ2n) is 7.43. The Kier molecular flexibility index (Phi) is 4.22. The number of H-pyrrole nitrogens is 1. The van der Waals surface area contributed by atoms with E-state index in [1.807, 2.05) is 49.4 Å². The van der Waals surface area contributed by atoms with Crippen molar-refractivity contribution in [1.29, 1.82) is 0 Å². The van der Waals surface area contributed by atoms with Crippen LogP contribution >= 0.6 is 0 Å². The maximum atomic E-state index is 13.2. The first-order valence-electron chi connectivity index (χ1n) is 9.59. The van der Waals surface area contributed by atoms with Crippen molar-refractivity contribution in [3.63, 3.8) is 0 Å². The first-order valence-corrected chi connectivity index (χ1v) is 9.59. The first-order chi connectivity index (χ1) is 14.8. The normalized spacial score (nSPS) is 12.0. The fourth-order valence-corrected chi connectivity index (χ4v) is 3.78. The molecule has 2 aromatic heterocycles. The molecule has 154 valence electrons. The smallest absolute Gasteiger partial charge is 0.304 e. The van der Waals surface area contributed by atoms with Crippen LogP contribution in [0.2, 0.25) is 0 Å². The molecule has 0 unspecified atom stereocenters. The third-order valence-electron chi connectivity index (χ3n) is 5.32. The van der Waals surface area contributed by atoms with Gasteiger partial charge in [0.05, 0.1) is 34.0 Å². The SMILES string of the molecule is Cc1ccc(-c2ccc3ncc4[nH]c(=O)n(-c5cccc(C(F)(F)F)c5)c4c3c2)cc1. The number of benzene rings is 3. The summed E-state index contributed by atoms with van der Waals surface area (Å²) in [5.74, 6) is 0. The lowest BCUT2D eigenvalue weighted by molar-refractivity contribution is -0.137. The monoisotopic (exact) mass is 419 g/mol. The summed E-state index contributed by atoms with van der Waals surface area (Å²) >= 11 is 0. The van der Waals surface area contributed by atoms with Crippen LogP contribution in [0.4, 0.5) is 13.2 Å². The van der Waals surface area contributed by atoms with E-state index in [4.69, 9.17) is 0 Å². The Morgan fingerprint density at radius 1 is 0.935 bits per heavy atom. The minimum absolute atomic E-state index is 0.138. The third-order valence-corrected chi connectivity index (χ3v) is 5.32. The van der Waals surface area contributed by atoms with Gasteiger partial charge in [0.15, 0.2) is 0 Å². The molecule has 31 heavy (non-hydrogen) atoms. The molecule has 5 rings (SSSR count). The molecule has 4 nitrogen and oxygen atoms in total. The van der Waals surface area contributed by atoms with Gasteiger partial charge >= 0.3 is 11.9 Å². The van der Waals surface area contributed by atoms with Gasteiger partial charge in [0.25, 0.3) is 0 Å². The Hall–Kier alpha value is -3.87. The number of aromatic amines is 1. The number of hydrogen-bond donors (Lipinski definition) is 1. The maximum absolute atomic E-state index is 13.2. The predicted octanol–water partition coefficient (Wildman–Crippen LogP) is 5.86. The Morgan fingerprint density at radius 3 is 2.42 bits per heavy atom. The zero-order chi connectivity index (χ0) is 21.8. The van der Waals surface area contributed by atoms with Gasteiger partial charge in [0.1, 0.15) is 0 Å². The molecule has 0 amide bonds. The summed E-state index contributed by atoms with van der Waals surface area (Å²) in [5.41, 5.74) is 3.44. The molecule has 0 saturated heterocycles. The number of halogens is 3. The molecular weight excluding hydrogens is 403 g/mol. The van der Waals surface area contributed by atoms with Gasteiger partial charge in [-0.15, -0.1) is 0 Å². The molecule has 0 atom stereocenters. The van der Waals surface area contributed by atoms with E-state index in [1.54, 1.807) is 0 Å². The Labute approximate surface area is 174 Å². The van der Waals surface area contributed by atoms with Crippen molar-refractivity contribution in [2.45, 2.75) is 13.1 Å². The maximum Gasteiger partial charge on any atom is 0.416 e. The lowest BCUT2D eigenvalue weighted by atomic mass is 10.0. The van der Waals surface area contributed by atoms with Crippen LogP contribution in [-0.4, -0.2) is 14.5 Å². The summed E-state index contributed by atoms with van der Waals surface area (Å²) in [6.45, 7) is 2.01. The van der Waals surface area contributed by atoms with E-state index in [0.29, 0.717) is 21.9 Å². The quantitative estimate of drug-likeness (QED) is 0.390. The predicted molar refractivity (Wildman–Crippen MR) is 114 cm³/mol. The number of hydrogen-bond acceptors (Lipinski definition) is 2. The molecule has 0 spiro atoms. The van der Waals surface area contributed by atoms with E-state index in [-0.39, 0.29) is 5.69 Å². The summed E-state index contributed by atoms with van der Waals surface area (Å²) in [4.78, 5) is 19.8. The van der Waals surface area contributed by atoms with E-state index in [1.165, 1.54) is 22.9 Å². The summed E-state index contributed by atoms with van der Waals surface area (Å²) in [6.07, 6.45) is -2.98. The standard InChI is InChI=1S/C24H16F3N3O/c1-14-5-7-15(8-6-14)16-9-10-20-19(11-16)22-21(13-28-20)29-23(31)30(22)18-4-2-3-17(12-18)24(25,26)27/h2-13H,1H3,(H,29,31). The highest BCUT2D eigenvalue weighted by atomic mass is 19.4. The molecular formula is C24H16F3N3O. The van der Waals surface area contributed by atoms with Crippen LogP contribution in [0.3, 0.4) is 0 Å². The molecule has 0 aliphatic rings. The number of nitrogens with one attached hydrogen (secondary N) is 1. The van der Waals surface area contributed by atoms with Gasteiger partial charge in [-0.05, 0) is 48.4 Å². The number of aryl methyl sites for hydroxylation is 1. The highest BCUT2D eigenvalue weighted by Crippen LogP contribution is 2.32. The average Bonchev–Trinajstić information content (AvgIpc) is 3.10. The van der Waals surface area contributed by atoms with Crippen LogP contribution in [0.15, 0.2) is 77.7 Å². The van der Waals surface area contributed by atoms with Crippen LogP contribution in [-0.2, 0) is 6.18 Å². The van der Waals surface area contributed by atoms with Gasteiger partial charge in [0, 0.05) is 5.39 Å². The largest absolute Gasteiger partial charge is 0.416 e. The summed E-state index contributed by atoms with van der Waals surface area (Å²) < 4.78 is 41.0. The minimum Gasteiger partial charge on any atom is -0.304 e. The molecule has 1 N–H and O–H groups in total. The topological polar surface area (TPSA) is 50.7 Å². The van der Waals surface area contributed by atoms with Crippen molar-refractivity contribution >= 4 is 21.9 Å². The molecule has 0 aliphatic carbocycles. The number of fused-ring (bicyclic) bond motifs is 3. The number of nitrogens with zero attached hydrogens (tertiary/aromatic N) is 2. The molecule has 5 aromatic rings. The number of alkyl halides is 3. The third kappa shape index (κ3) is 3.28. The lowest BCUT2D eigenvalue weighted by Crippen LogP contribution is -2.15. The van der Waals surface area contributed by atoms with Gasteiger partial charge in [-0.3, -0.25) is 9.55 Å². The molecule has 3 aromatic carbocycles. The van der Waals surface area contributed by atoms with Crippen LogP contribution in [0.1, 0.15) is 11.1 Å². The van der Waals surface area contributed by atoms with Gasteiger partial charge in [0.2, 0.25) is 0 Å². The molecule has 2 heterocycles. The lowest BCUT2D eigenvalue weighted by Gasteiger charge is -2.11. The van der Waals surface area contributed by atoms with Crippen molar-refractivity contribution in [3.05, 3.63) is 94.5 Å². The second-order valence-corrected chi connectivity index (χ2v) is 7.43. The van der Waals surface area contributed by atoms with E-state index in [9.17, 15) is 18.0 Å². The van der Waals surface area contributed by atoms with Crippen molar-refractivity contribution in [1.82, 2.24) is 14.5 Å². The van der Waals surface area contributed by atoms with E-state index in [2.05, 4.69) is 9.97 Å². The summed E-state index contributed by atoms with van der Waals surface area (Å²) in [7, 11) is 0. The first kappa shape index (κ1) is 19.1. The molecule has 0 aliphatic heterocycles. The summed E-state index contributed by atoms with van der Waals surface area (Å²) in [6, 6.07) is 18.5. The van der Waals surface area contributed by atoms with E-state index in [0.717, 1.165) is 28.8 Å². The molecule has 7 heteroatoms. The Bertz CT molecular complexity index is 1500. The van der Waals surface area contributed by atoms with E-state index >= 15 is 0 Å². The van der Waals surface area contributed by atoms with Crippen LogP contribution < -0.4 is 5.69 Å². The van der Waals surface area contributed by atoms with Gasteiger partial charge in [-0.25, -0.2) is 4.79 Å². The molecule has 0 saturated carbocycles. The zero-order valence-corrected chi connectivity index (χ0v) is 16.4. The number of rotatable bonds is 2. The van der Waals surface area contributed by atoms with Crippen LogP contribution in [0.25, 0.3) is 38.8 Å². The van der Waals surface area contributed by atoms with Crippen molar-refractivity contribution in [3.8, 4) is 16.8 Å². The average molecular weight is 419 g/mol. The number of imidazole rings is 1. The second kappa shape index (κ2) is 6.84. The van der Waals surface area contributed by atoms with E-state index < -0.39 is 17.4 Å². The molecule has 0 radical (unpaired) electrons. The Morgan fingerprint density at radius 2 is 1.68 bits per heavy atom. The highest BCUT2D eigenvalue weighted by Gasteiger charge is 2.30. The fraction of sp³-hybridized carbons (Fsp3) is 0.0833. The molecule has 0 bridgehead atoms. The fourth-order valence-electron chi connectivity index (χ4n) is 3.78. The number of aromatic nitrogens is 3.